The number of halogens is 2. The topological polar surface area (TPSA) is 50.1 Å². The smallest absolute Gasteiger partial charge is 0.127 e. The number of anilines is 1. The normalized spacial score (nSPS) is 10.8. The predicted molar refractivity (Wildman–Crippen MR) is 80.2 cm³/mol. The molecule has 0 saturated heterocycles. The largest absolute Gasteiger partial charge is 0.394 e. The van der Waals surface area contributed by atoms with Gasteiger partial charge in [-0.25, -0.2) is 9.07 Å². The zero-order valence-electron chi connectivity index (χ0n) is 11.5. The van der Waals surface area contributed by atoms with Crippen LogP contribution in [0.2, 0.25) is 0 Å². The Morgan fingerprint density at radius 2 is 2.15 bits per heavy atom. The fraction of sp³-hybridized carbons (Fsp3) is 0.357. The van der Waals surface area contributed by atoms with E-state index in [2.05, 4.69) is 26.3 Å². The molecule has 1 heterocycles. The number of aliphatic hydroxyl groups is 1. The van der Waals surface area contributed by atoms with Crippen molar-refractivity contribution in [3.8, 4) is 0 Å². The third-order valence-electron chi connectivity index (χ3n) is 3.20. The molecule has 2 aromatic rings. The highest BCUT2D eigenvalue weighted by Crippen LogP contribution is 2.22. The summed E-state index contributed by atoms with van der Waals surface area (Å²) in [4.78, 5) is 0. The Bertz CT molecular complexity index is 613. The molecule has 0 unspecified atom stereocenters. The van der Waals surface area contributed by atoms with E-state index in [0.29, 0.717) is 13.1 Å². The molecule has 2 rings (SSSR count). The highest BCUT2D eigenvalue weighted by molar-refractivity contribution is 9.10. The monoisotopic (exact) mass is 341 g/mol. The summed E-state index contributed by atoms with van der Waals surface area (Å²) < 4.78 is 15.5. The maximum Gasteiger partial charge on any atom is 0.127 e. The van der Waals surface area contributed by atoms with Crippen LogP contribution in [-0.4, -0.2) is 21.5 Å². The Morgan fingerprint density at radius 3 is 2.80 bits per heavy atom. The highest BCUT2D eigenvalue weighted by atomic mass is 79.9. The standard InChI is InChI=1S/C14H17BrFN3O/c1-9-10(2)18-19(5-6-20)14(9)17-8-11-3-4-12(16)7-13(11)15/h3-4,7,17,20H,5-6,8H2,1-2H3. The number of aromatic nitrogens is 2. The third kappa shape index (κ3) is 3.19. The fourth-order valence-corrected chi connectivity index (χ4v) is 2.49. The van der Waals surface area contributed by atoms with Gasteiger partial charge in [0.05, 0.1) is 18.8 Å². The average molecular weight is 342 g/mol. The number of nitrogens with one attached hydrogen (secondary N) is 1. The van der Waals surface area contributed by atoms with E-state index in [1.165, 1.54) is 12.1 Å². The number of benzene rings is 1. The van der Waals surface area contributed by atoms with Gasteiger partial charge in [0, 0.05) is 16.6 Å². The SMILES string of the molecule is Cc1nn(CCO)c(NCc2ccc(F)cc2Br)c1C. The predicted octanol–water partition coefficient (Wildman–Crippen LogP) is 3.01. The van der Waals surface area contributed by atoms with Crippen LogP contribution in [-0.2, 0) is 13.1 Å². The van der Waals surface area contributed by atoms with E-state index in [0.717, 1.165) is 27.1 Å². The van der Waals surface area contributed by atoms with Crippen molar-refractivity contribution in [3.63, 3.8) is 0 Å². The van der Waals surface area contributed by atoms with E-state index >= 15 is 0 Å². The number of hydrogen-bond donors (Lipinski definition) is 2. The third-order valence-corrected chi connectivity index (χ3v) is 3.94. The van der Waals surface area contributed by atoms with Crippen LogP contribution < -0.4 is 5.32 Å². The van der Waals surface area contributed by atoms with Gasteiger partial charge in [-0.15, -0.1) is 0 Å². The van der Waals surface area contributed by atoms with E-state index in [1.807, 2.05) is 13.8 Å². The highest BCUT2D eigenvalue weighted by Gasteiger charge is 2.11. The number of nitrogens with zero attached hydrogens (tertiary/aromatic N) is 2. The van der Waals surface area contributed by atoms with Crippen LogP contribution in [0, 0.1) is 19.7 Å². The Balaban J connectivity index is 2.18. The first kappa shape index (κ1) is 15.0. The summed E-state index contributed by atoms with van der Waals surface area (Å²) in [7, 11) is 0. The van der Waals surface area contributed by atoms with Crippen molar-refractivity contribution in [2.45, 2.75) is 26.9 Å². The molecule has 0 saturated carbocycles. The van der Waals surface area contributed by atoms with E-state index in [4.69, 9.17) is 5.11 Å². The van der Waals surface area contributed by atoms with Gasteiger partial charge < -0.3 is 10.4 Å². The van der Waals surface area contributed by atoms with Crippen molar-refractivity contribution in [2.75, 3.05) is 11.9 Å². The first-order valence-corrected chi connectivity index (χ1v) is 7.15. The van der Waals surface area contributed by atoms with Crippen LogP contribution in [0.3, 0.4) is 0 Å². The van der Waals surface area contributed by atoms with Gasteiger partial charge in [0.1, 0.15) is 11.6 Å². The number of rotatable bonds is 5. The number of aliphatic hydroxyl groups excluding tert-OH is 1. The first-order chi connectivity index (χ1) is 9.52. The van der Waals surface area contributed by atoms with Crippen LogP contribution in [0.4, 0.5) is 10.2 Å². The summed E-state index contributed by atoms with van der Waals surface area (Å²) in [6.45, 7) is 4.95. The second-order valence-electron chi connectivity index (χ2n) is 4.60. The van der Waals surface area contributed by atoms with Crippen LogP contribution >= 0.6 is 15.9 Å². The van der Waals surface area contributed by atoms with Crippen LogP contribution in [0.15, 0.2) is 22.7 Å². The van der Waals surface area contributed by atoms with Crippen LogP contribution in [0.25, 0.3) is 0 Å². The van der Waals surface area contributed by atoms with Crippen LogP contribution in [0.5, 0.6) is 0 Å². The van der Waals surface area contributed by atoms with Crippen molar-refractivity contribution in [3.05, 3.63) is 45.3 Å². The quantitative estimate of drug-likeness (QED) is 0.878. The Hall–Kier alpha value is -1.40. The van der Waals surface area contributed by atoms with Gasteiger partial charge in [-0.1, -0.05) is 22.0 Å². The molecule has 0 atom stereocenters. The molecular weight excluding hydrogens is 325 g/mol. The van der Waals surface area contributed by atoms with E-state index in [-0.39, 0.29) is 12.4 Å². The zero-order valence-corrected chi connectivity index (χ0v) is 13.0. The molecule has 0 radical (unpaired) electrons. The Morgan fingerprint density at radius 1 is 1.40 bits per heavy atom. The molecule has 1 aromatic carbocycles. The van der Waals surface area contributed by atoms with Crippen molar-refractivity contribution in [1.29, 1.82) is 0 Å². The van der Waals surface area contributed by atoms with Gasteiger partial charge >= 0.3 is 0 Å². The molecule has 0 fully saturated rings. The second-order valence-corrected chi connectivity index (χ2v) is 5.45. The van der Waals surface area contributed by atoms with E-state index < -0.39 is 0 Å². The van der Waals surface area contributed by atoms with Crippen LogP contribution in [0.1, 0.15) is 16.8 Å². The summed E-state index contributed by atoms with van der Waals surface area (Å²) in [5, 5.41) is 16.7. The van der Waals surface area contributed by atoms with E-state index in [9.17, 15) is 4.39 Å². The number of hydrogen-bond acceptors (Lipinski definition) is 3. The van der Waals surface area contributed by atoms with E-state index in [1.54, 1.807) is 10.7 Å². The Kier molecular flexibility index (Phi) is 4.77. The molecular formula is C14H17BrFN3O. The molecule has 20 heavy (non-hydrogen) atoms. The lowest BCUT2D eigenvalue weighted by atomic mass is 10.2. The molecule has 108 valence electrons. The van der Waals surface area contributed by atoms with Gasteiger partial charge in [-0.05, 0) is 31.5 Å². The molecule has 0 bridgehead atoms. The maximum atomic E-state index is 13.1. The fourth-order valence-electron chi connectivity index (χ4n) is 2.00. The van der Waals surface area contributed by atoms with Crippen molar-refractivity contribution in [2.24, 2.45) is 0 Å². The number of aryl methyl sites for hydroxylation is 1. The second kappa shape index (κ2) is 6.37. The lowest BCUT2D eigenvalue weighted by Gasteiger charge is -2.11. The summed E-state index contributed by atoms with van der Waals surface area (Å²) in [5.74, 6) is 0.616. The summed E-state index contributed by atoms with van der Waals surface area (Å²) in [5.41, 5.74) is 2.94. The summed E-state index contributed by atoms with van der Waals surface area (Å²) >= 11 is 3.35. The Labute approximate surface area is 125 Å². The molecule has 0 aliphatic rings. The minimum atomic E-state index is -0.266. The minimum absolute atomic E-state index is 0.0372. The molecule has 0 aliphatic heterocycles. The van der Waals surface area contributed by atoms with Gasteiger partial charge in [0.25, 0.3) is 0 Å². The first-order valence-electron chi connectivity index (χ1n) is 6.35. The lowest BCUT2D eigenvalue weighted by molar-refractivity contribution is 0.270. The van der Waals surface area contributed by atoms with Gasteiger partial charge in [-0.3, -0.25) is 0 Å². The molecule has 0 amide bonds. The maximum absolute atomic E-state index is 13.1. The lowest BCUT2D eigenvalue weighted by Crippen LogP contribution is -2.11. The van der Waals surface area contributed by atoms with Crippen molar-refractivity contribution >= 4 is 21.7 Å². The molecule has 0 spiro atoms. The molecule has 1 aromatic heterocycles. The minimum Gasteiger partial charge on any atom is -0.394 e. The zero-order chi connectivity index (χ0) is 14.7. The molecule has 0 aliphatic carbocycles. The molecule has 2 N–H and O–H groups in total. The van der Waals surface area contributed by atoms with Gasteiger partial charge in [0.2, 0.25) is 0 Å². The summed E-state index contributed by atoms with van der Waals surface area (Å²) in [6.07, 6.45) is 0. The van der Waals surface area contributed by atoms with Gasteiger partial charge in [-0.2, -0.15) is 5.10 Å². The van der Waals surface area contributed by atoms with Gasteiger partial charge in [0.15, 0.2) is 0 Å². The average Bonchev–Trinajstić information content (AvgIpc) is 2.65. The molecule has 4 nitrogen and oxygen atoms in total. The summed E-state index contributed by atoms with van der Waals surface area (Å²) in [6, 6.07) is 4.62. The van der Waals surface area contributed by atoms with Crippen molar-refractivity contribution < 1.29 is 9.50 Å². The van der Waals surface area contributed by atoms with Crippen molar-refractivity contribution in [1.82, 2.24) is 9.78 Å². The molecule has 6 heteroatoms.